The highest BCUT2D eigenvalue weighted by atomic mass is 35.5. The molecule has 122 valence electrons. The quantitative estimate of drug-likeness (QED) is 0.760. The largest absolute Gasteiger partial charge is 0.289 e. The van der Waals surface area contributed by atoms with Gasteiger partial charge in [0.05, 0.1) is 22.2 Å². The van der Waals surface area contributed by atoms with Crippen LogP contribution in [0.2, 0.25) is 10.0 Å². The van der Waals surface area contributed by atoms with Crippen LogP contribution in [0.1, 0.15) is 15.9 Å². The number of aromatic nitrogens is 3. The summed E-state index contributed by atoms with van der Waals surface area (Å²) in [6.07, 6.45) is 1.46. The Kier molecular flexibility index (Phi) is 4.78. The molecule has 0 fully saturated rings. The Bertz CT molecular complexity index is 897. The van der Waals surface area contributed by atoms with Gasteiger partial charge in [-0.05, 0) is 29.8 Å². The number of nitrogens with one attached hydrogen (secondary N) is 1. The lowest BCUT2D eigenvalue weighted by atomic mass is 10.2. The third kappa shape index (κ3) is 3.72. The number of carbonyl (C=O) groups excluding carboxylic acids is 1. The minimum atomic E-state index is -0.611. The van der Waals surface area contributed by atoms with Crippen LogP contribution in [0, 0.1) is 5.82 Å². The molecule has 1 heterocycles. The molecule has 24 heavy (non-hydrogen) atoms. The van der Waals surface area contributed by atoms with Crippen molar-refractivity contribution in [1.82, 2.24) is 14.8 Å². The lowest BCUT2D eigenvalue weighted by Crippen LogP contribution is -2.15. The molecule has 0 saturated heterocycles. The molecule has 0 aliphatic rings. The molecule has 5 nitrogen and oxygen atoms in total. The fourth-order valence-corrected chi connectivity index (χ4v) is 2.39. The van der Waals surface area contributed by atoms with Gasteiger partial charge < -0.3 is 0 Å². The molecule has 0 spiro atoms. The van der Waals surface area contributed by atoms with Gasteiger partial charge in [0.1, 0.15) is 12.1 Å². The third-order valence-electron chi connectivity index (χ3n) is 3.21. The summed E-state index contributed by atoms with van der Waals surface area (Å²) in [7, 11) is 0. The van der Waals surface area contributed by atoms with Crippen molar-refractivity contribution in [3.05, 3.63) is 75.8 Å². The average Bonchev–Trinajstić information content (AvgIpc) is 2.98. The summed E-state index contributed by atoms with van der Waals surface area (Å²) in [5, 5.41) is 7.50. The molecular weight excluding hydrogens is 354 g/mol. The normalized spacial score (nSPS) is 10.6. The monoisotopic (exact) mass is 364 g/mol. The summed E-state index contributed by atoms with van der Waals surface area (Å²) >= 11 is 11.8. The molecule has 0 atom stereocenters. The highest BCUT2D eigenvalue weighted by Gasteiger charge is 2.13. The first-order valence-electron chi connectivity index (χ1n) is 6.92. The zero-order valence-corrected chi connectivity index (χ0v) is 13.7. The van der Waals surface area contributed by atoms with Crippen molar-refractivity contribution in [3.8, 4) is 0 Å². The number of hydrogen-bond acceptors (Lipinski definition) is 3. The van der Waals surface area contributed by atoms with Crippen molar-refractivity contribution >= 4 is 35.1 Å². The van der Waals surface area contributed by atoms with E-state index in [0.717, 1.165) is 5.56 Å². The van der Waals surface area contributed by atoms with Gasteiger partial charge in [0, 0.05) is 0 Å². The SMILES string of the molecule is O=C(Nc1ncn(Cc2ccc(Cl)c(Cl)c2)n1)c1ccccc1F. The van der Waals surface area contributed by atoms with Gasteiger partial charge in [-0.3, -0.25) is 10.1 Å². The first-order chi connectivity index (χ1) is 11.5. The van der Waals surface area contributed by atoms with E-state index in [1.165, 1.54) is 29.2 Å². The number of nitrogens with zero attached hydrogens (tertiary/aromatic N) is 3. The maximum absolute atomic E-state index is 13.6. The molecule has 8 heteroatoms. The zero-order valence-electron chi connectivity index (χ0n) is 12.2. The van der Waals surface area contributed by atoms with Crippen molar-refractivity contribution in [3.63, 3.8) is 0 Å². The number of rotatable bonds is 4. The molecule has 0 aliphatic heterocycles. The molecule has 0 unspecified atom stereocenters. The second kappa shape index (κ2) is 6.98. The fourth-order valence-electron chi connectivity index (χ4n) is 2.07. The van der Waals surface area contributed by atoms with Gasteiger partial charge in [-0.1, -0.05) is 41.4 Å². The maximum Gasteiger partial charge on any atom is 0.261 e. The summed E-state index contributed by atoms with van der Waals surface area (Å²) in [4.78, 5) is 16.0. The van der Waals surface area contributed by atoms with Crippen molar-refractivity contribution in [1.29, 1.82) is 0 Å². The Labute approximate surface area is 147 Å². The summed E-state index contributed by atoms with van der Waals surface area (Å²) in [6.45, 7) is 0.402. The van der Waals surface area contributed by atoms with Gasteiger partial charge in [-0.2, -0.15) is 0 Å². The second-order valence-electron chi connectivity index (χ2n) is 4.95. The van der Waals surface area contributed by atoms with Crippen LogP contribution in [0.5, 0.6) is 0 Å². The molecule has 2 aromatic carbocycles. The highest BCUT2D eigenvalue weighted by Crippen LogP contribution is 2.22. The van der Waals surface area contributed by atoms with E-state index in [1.807, 2.05) is 6.07 Å². The maximum atomic E-state index is 13.6. The van der Waals surface area contributed by atoms with E-state index >= 15 is 0 Å². The Balaban J connectivity index is 1.70. The van der Waals surface area contributed by atoms with Gasteiger partial charge in [-0.25, -0.2) is 14.1 Å². The standard InChI is InChI=1S/C16H11Cl2FN4O/c17-12-6-5-10(7-13(12)18)8-23-9-20-16(22-23)21-15(24)11-3-1-2-4-14(11)19/h1-7,9H,8H2,(H,21,22,24). The summed E-state index contributed by atoms with van der Waals surface area (Å²) in [5.41, 5.74) is 0.805. The minimum absolute atomic E-state index is 0.0710. The van der Waals surface area contributed by atoms with Crippen molar-refractivity contribution < 1.29 is 9.18 Å². The highest BCUT2D eigenvalue weighted by molar-refractivity contribution is 6.42. The molecule has 0 aliphatic carbocycles. The summed E-state index contributed by atoms with van der Waals surface area (Å²) < 4.78 is 15.1. The predicted octanol–water partition coefficient (Wildman–Crippen LogP) is 4.02. The Morgan fingerprint density at radius 2 is 1.96 bits per heavy atom. The number of amides is 1. The first kappa shape index (κ1) is 16.4. The van der Waals surface area contributed by atoms with Gasteiger partial charge in [0.15, 0.2) is 0 Å². The zero-order chi connectivity index (χ0) is 17.1. The number of hydrogen-bond donors (Lipinski definition) is 1. The van der Waals surface area contributed by atoms with E-state index in [1.54, 1.807) is 18.2 Å². The minimum Gasteiger partial charge on any atom is -0.289 e. The molecule has 0 saturated carbocycles. The fraction of sp³-hybridized carbons (Fsp3) is 0.0625. The van der Waals surface area contributed by atoms with Crippen LogP contribution in [0.25, 0.3) is 0 Å². The summed E-state index contributed by atoms with van der Waals surface area (Å²) in [6, 6.07) is 10.9. The van der Waals surface area contributed by atoms with Gasteiger partial charge in [0.2, 0.25) is 5.95 Å². The van der Waals surface area contributed by atoms with Gasteiger partial charge >= 0.3 is 0 Å². The number of carbonyl (C=O) groups is 1. The number of anilines is 1. The number of halogens is 3. The lowest BCUT2D eigenvalue weighted by molar-refractivity contribution is 0.102. The molecule has 1 amide bonds. The first-order valence-corrected chi connectivity index (χ1v) is 7.68. The lowest BCUT2D eigenvalue weighted by Gasteiger charge is -2.03. The van der Waals surface area contributed by atoms with E-state index in [4.69, 9.17) is 23.2 Å². The van der Waals surface area contributed by atoms with E-state index < -0.39 is 11.7 Å². The van der Waals surface area contributed by atoms with Crippen molar-refractivity contribution in [2.75, 3.05) is 5.32 Å². The van der Waals surface area contributed by atoms with Gasteiger partial charge in [0.25, 0.3) is 5.91 Å². The van der Waals surface area contributed by atoms with E-state index in [9.17, 15) is 9.18 Å². The van der Waals surface area contributed by atoms with E-state index in [2.05, 4.69) is 15.4 Å². The van der Waals surface area contributed by atoms with E-state index in [-0.39, 0.29) is 11.5 Å². The van der Waals surface area contributed by atoms with Crippen LogP contribution in [0.15, 0.2) is 48.8 Å². The van der Waals surface area contributed by atoms with Crippen LogP contribution in [-0.4, -0.2) is 20.7 Å². The average molecular weight is 365 g/mol. The van der Waals surface area contributed by atoms with Gasteiger partial charge in [-0.15, -0.1) is 5.10 Å². The third-order valence-corrected chi connectivity index (χ3v) is 3.95. The molecule has 0 bridgehead atoms. The number of benzene rings is 2. The smallest absolute Gasteiger partial charge is 0.261 e. The molecule has 3 rings (SSSR count). The predicted molar refractivity (Wildman–Crippen MR) is 89.9 cm³/mol. The molecule has 3 aromatic rings. The van der Waals surface area contributed by atoms with Crippen LogP contribution in [0.4, 0.5) is 10.3 Å². The van der Waals surface area contributed by atoms with Crippen LogP contribution >= 0.6 is 23.2 Å². The molecule has 0 radical (unpaired) electrons. The molecular formula is C16H11Cl2FN4O. The van der Waals surface area contributed by atoms with Crippen molar-refractivity contribution in [2.45, 2.75) is 6.54 Å². The van der Waals surface area contributed by atoms with E-state index in [0.29, 0.717) is 16.6 Å². The second-order valence-corrected chi connectivity index (χ2v) is 5.76. The van der Waals surface area contributed by atoms with Crippen LogP contribution in [0.3, 0.4) is 0 Å². The Morgan fingerprint density at radius 1 is 1.17 bits per heavy atom. The molecule has 1 aromatic heterocycles. The topological polar surface area (TPSA) is 59.8 Å². The van der Waals surface area contributed by atoms with Crippen LogP contribution in [-0.2, 0) is 6.54 Å². The summed E-state index contributed by atoms with van der Waals surface area (Å²) in [5.74, 6) is -1.13. The molecule has 1 N–H and O–H groups in total. The van der Waals surface area contributed by atoms with Crippen LogP contribution < -0.4 is 5.32 Å². The van der Waals surface area contributed by atoms with Crippen molar-refractivity contribution in [2.24, 2.45) is 0 Å². The Hall–Kier alpha value is -2.44. The Morgan fingerprint density at radius 3 is 2.71 bits per heavy atom.